The number of nitrogens with two attached hydrogens (primary N) is 1. The Morgan fingerprint density at radius 3 is 2.60 bits per heavy atom. The van der Waals surface area contributed by atoms with E-state index in [4.69, 9.17) is 5.73 Å². The van der Waals surface area contributed by atoms with Gasteiger partial charge >= 0.3 is 0 Å². The molecule has 0 radical (unpaired) electrons. The maximum Gasteiger partial charge on any atom is 0.288 e. The molecule has 0 atom stereocenters. The molecule has 0 aliphatic heterocycles. The van der Waals surface area contributed by atoms with Crippen molar-refractivity contribution in [1.29, 1.82) is 0 Å². The predicted molar refractivity (Wildman–Crippen MR) is 74.3 cm³/mol. The second-order valence-corrected chi connectivity index (χ2v) is 5.05. The predicted octanol–water partition coefficient (Wildman–Crippen LogP) is 2.02. The molecule has 1 aliphatic rings. The minimum Gasteiger partial charge on any atom is -0.383 e. The highest BCUT2D eigenvalue weighted by Crippen LogP contribution is 2.20. The van der Waals surface area contributed by atoms with Crippen LogP contribution in [0.1, 0.15) is 48.9 Å². The van der Waals surface area contributed by atoms with E-state index >= 15 is 0 Å². The zero-order valence-electron chi connectivity index (χ0n) is 11.2. The van der Waals surface area contributed by atoms with Crippen molar-refractivity contribution in [2.45, 2.75) is 44.6 Å². The van der Waals surface area contributed by atoms with E-state index in [2.05, 4.69) is 10.3 Å². The lowest BCUT2D eigenvalue weighted by Crippen LogP contribution is -2.35. The van der Waals surface area contributed by atoms with Gasteiger partial charge in [-0.1, -0.05) is 25.7 Å². The van der Waals surface area contributed by atoms with Crippen molar-refractivity contribution < 1.29 is 9.72 Å². The fourth-order valence-corrected chi connectivity index (χ4v) is 2.43. The number of carbonyl (C=O) groups excluding carboxylic acids is 1. The van der Waals surface area contributed by atoms with Crippen molar-refractivity contribution in [2.75, 3.05) is 5.73 Å². The first-order valence-corrected chi connectivity index (χ1v) is 6.78. The van der Waals surface area contributed by atoms with Crippen molar-refractivity contribution in [2.24, 2.45) is 0 Å². The van der Waals surface area contributed by atoms with Gasteiger partial charge in [0, 0.05) is 12.1 Å². The molecule has 1 aliphatic carbocycles. The van der Waals surface area contributed by atoms with E-state index in [0.29, 0.717) is 0 Å². The first-order chi connectivity index (χ1) is 9.58. The van der Waals surface area contributed by atoms with Gasteiger partial charge in [-0.2, -0.15) is 0 Å². The summed E-state index contributed by atoms with van der Waals surface area (Å²) in [7, 11) is 0. The number of nitrogens with one attached hydrogen (secondary N) is 1. The lowest BCUT2D eigenvalue weighted by atomic mass is 10.1. The largest absolute Gasteiger partial charge is 0.383 e. The van der Waals surface area contributed by atoms with Crippen molar-refractivity contribution >= 4 is 17.4 Å². The standard InChI is InChI=1S/C13H18N4O3/c14-12-11(7-10(8-15-12)17(19)20)13(18)16-9-5-3-1-2-4-6-9/h7-9H,1-6H2,(H2,14,15)(H,16,18). The lowest BCUT2D eigenvalue weighted by Gasteiger charge is -2.16. The van der Waals surface area contributed by atoms with Gasteiger partial charge in [0.15, 0.2) is 0 Å². The first-order valence-electron chi connectivity index (χ1n) is 6.78. The summed E-state index contributed by atoms with van der Waals surface area (Å²) in [6.45, 7) is 0. The van der Waals surface area contributed by atoms with Gasteiger partial charge in [-0.3, -0.25) is 14.9 Å². The van der Waals surface area contributed by atoms with Crippen LogP contribution in [-0.2, 0) is 0 Å². The molecule has 7 heteroatoms. The molecule has 1 aromatic heterocycles. The normalized spacial score (nSPS) is 16.4. The first kappa shape index (κ1) is 14.2. The number of nitrogen functional groups attached to an aromatic ring is 1. The number of hydrogen-bond acceptors (Lipinski definition) is 5. The number of nitro groups is 1. The van der Waals surface area contributed by atoms with Gasteiger partial charge in [-0.05, 0) is 12.8 Å². The van der Waals surface area contributed by atoms with E-state index in [1.807, 2.05) is 0 Å². The fraction of sp³-hybridized carbons (Fsp3) is 0.538. The zero-order chi connectivity index (χ0) is 14.5. The Labute approximate surface area is 116 Å². The molecule has 0 unspecified atom stereocenters. The Morgan fingerprint density at radius 2 is 2.00 bits per heavy atom. The summed E-state index contributed by atoms with van der Waals surface area (Å²) >= 11 is 0. The van der Waals surface area contributed by atoms with E-state index < -0.39 is 4.92 Å². The maximum atomic E-state index is 12.2. The number of amides is 1. The number of rotatable bonds is 3. The third-order valence-electron chi connectivity index (χ3n) is 3.55. The third-order valence-corrected chi connectivity index (χ3v) is 3.55. The molecule has 0 aromatic carbocycles. The topological polar surface area (TPSA) is 111 Å². The van der Waals surface area contributed by atoms with Crippen LogP contribution >= 0.6 is 0 Å². The molecule has 0 bridgehead atoms. The minimum atomic E-state index is -0.588. The molecule has 1 fully saturated rings. The Kier molecular flexibility index (Phi) is 4.49. The van der Waals surface area contributed by atoms with Gasteiger partial charge in [0.1, 0.15) is 12.0 Å². The van der Waals surface area contributed by atoms with Crippen LogP contribution in [0.3, 0.4) is 0 Å². The van der Waals surface area contributed by atoms with Crippen LogP contribution in [-0.4, -0.2) is 21.9 Å². The number of carbonyl (C=O) groups is 1. The Hall–Kier alpha value is -2.18. The van der Waals surface area contributed by atoms with E-state index in [1.54, 1.807) is 0 Å². The molecule has 3 N–H and O–H groups in total. The number of hydrogen-bond donors (Lipinski definition) is 2. The average molecular weight is 278 g/mol. The van der Waals surface area contributed by atoms with Crippen LogP contribution in [0.25, 0.3) is 0 Å². The third kappa shape index (κ3) is 3.43. The van der Waals surface area contributed by atoms with Crippen LogP contribution in [0.5, 0.6) is 0 Å². The molecule has 1 amide bonds. The SMILES string of the molecule is Nc1ncc([N+](=O)[O-])cc1C(=O)NC1CCCCCC1. The summed E-state index contributed by atoms with van der Waals surface area (Å²) in [6.07, 6.45) is 7.49. The Balaban J connectivity index is 2.11. The second kappa shape index (κ2) is 6.31. The van der Waals surface area contributed by atoms with Gasteiger partial charge in [0.2, 0.25) is 0 Å². The fourth-order valence-electron chi connectivity index (χ4n) is 2.43. The molecule has 1 saturated carbocycles. The Bertz CT molecular complexity index is 510. The molecule has 20 heavy (non-hydrogen) atoms. The monoisotopic (exact) mass is 278 g/mol. The molecule has 2 rings (SSSR count). The molecule has 1 heterocycles. The number of pyridine rings is 1. The van der Waals surface area contributed by atoms with Crippen molar-refractivity contribution in [3.05, 3.63) is 27.9 Å². The minimum absolute atomic E-state index is 0.0155. The summed E-state index contributed by atoms with van der Waals surface area (Å²) in [5, 5.41) is 13.6. The zero-order valence-corrected chi connectivity index (χ0v) is 11.2. The van der Waals surface area contributed by atoms with Crippen LogP contribution in [0.15, 0.2) is 12.3 Å². The van der Waals surface area contributed by atoms with Crippen molar-refractivity contribution in [3.8, 4) is 0 Å². The smallest absolute Gasteiger partial charge is 0.288 e. The van der Waals surface area contributed by atoms with Gasteiger partial charge < -0.3 is 11.1 Å². The quantitative estimate of drug-likeness (QED) is 0.499. The lowest BCUT2D eigenvalue weighted by molar-refractivity contribution is -0.385. The van der Waals surface area contributed by atoms with Gasteiger partial charge in [0.05, 0.1) is 10.5 Å². The van der Waals surface area contributed by atoms with E-state index in [1.165, 1.54) is 18.9 Å². The Morgan fingerprint density at radius 1 is 1.35 bits per heavy atom. The average Bonchev–Trinajstić information content (AvgIpc) is 2.67. The summed E-state index contributed by atoms with van der Waals surface area (Å²) in [5.41, 5.74) is 5.47. The van der Waals surface area contributed by atoms with Crippen molar-refractivity contribution in [1.82, 2.24) is 10.3 Å². The molecule has 108 valence electrons. The van der Waals surface area contributed by atoms with Gasteiger partial charge in [0.25, 0.3) is 11.6 Å². The molecule has 0 saturated heterocycles. The van der Waals surface area contributed by atoms with Crippen LogP contribution in [0.2, 0.25) is 0 Å². The van der Waals surface area contributed by atoms with Gasteiger partial charge in [-0.25, -0.2) is 4.98 Å². The van der Waals surface area contributed by atoms with E-state index in [0.717, 1.165) is 31.9 Å². The van der Waals surface area contributed by atoms with E-state index in [-0.39, 0.29) is 29.0 Å². The molecule has 7 nitrogen and oxygen atoms in total. The number of anilines is 1. The number of aromatic nitrogens is 1. The molecular weight excluding hydrogens is 260 g/mol. The highest BCUT2D eigenvalue weighted by Gasteiger charge is 2.20. The highest BCUT2D eigenvalue weighted by atomic mass is 16.6. The molecule has 1 aromatic rings. The summed E-state index contributed by atoms with van der Waals surface area (Å²) < 4.78 is 0. The van der Waals surface area contributed by atoms with Crippen molar-refractivity contribution in [3.63, 3.8) is 0 Å². The van der Waals surface area contributed by atoms with Crippen LogP contribution in [0.4, 0.5) is 11.5 Å². The van der Waals surface area contributed by atoms with Crippen LogP contribution in [0, 0.1) is 10.1 Å². The van der Waals surface area contributed by atoms with E-state index in [9.17, 15) is 14.9 Å². The van der Waals surface area contributed by atoms with Gasteiger partial charge in [-0.15, -0.1) is 0 Å². The summed E-state index contributed by atoms with van der Waals surface area (Å²) in [6, 6.07) is 1.29. The maximum absolute atomic E-state index is 12.2. The number of nitrogens with zero attached hydrogens (tertiary/aromatic N) is 2. The molecule has 0 spiro atoms. The second-order valence-electron chi connectivity index (χ2n) is 5.05. The summed E-state index contributed by atoms with van der Waals surface area (Å²) in [4.78, 5) is 26.0. The van der Waals surface area contributed by atoms with Crippen LogP contribution < -0.4 is 11.1 Å². The summed E-state index contributed by atoms with van der Waals surface area (Å²) in [5.74, 6) is -0.368. The highest BCUT2D eigenvalue weighted by molar-refractivity contribution is 5.99. The molecular formula is C13H18N4O3.